The van der Waals surface area contributed by atoms with Crippen molar-refractivity contribution in [3.05, 3.63) is 70.5 Å². The van der Waals surface area contributed by atoms with Gasteiger partial charge < -0.3 is 23.8 Å². The van der Waals surface area contributed by atoms with Gasteiger partial charge in [-0.25, -0.2) is 0 Å². The van der Waals surface area contributed by atoms with E-state index in [0.29, 0.717) is 60.9 Å². The van der Waals surface area contributed by atoms with Crippen LogP contribution in [0.3, 0.4) is 0 Å². The number of aromatic nitrogens is 3. The zero-order valence-corrected chi connectivity index (χ0v) is 25.7. The summed E-state index contributed by atoms with van der Waals surface area (Å²) in [4.78, 5) is 29.8. The Morgan fingerprint density at radius 2 is 1.95 bits per heavy atom. The van der Waals surface area contributed by atoms with E-state index in [1.807, 2.05) is 37.3 Å². The molecule has 4 atom stereocenters. The van der Waals surface area contributed by atoms with Gasteiger partial charge in [-0.3, -0.25) is 14.3 Å². The molecule has 222 valence electrons. The summed E-state index contributed by atoms with van der Waals surface area (Å²) in [6, 6.07) is 13.1. The van der Waals surface area contributed by atoms with Crippen LogP contribution in [-0.2, 0) is 39.4 Å². The summed E-state index contributed by atoms with van der Waals surface area (Å²) < 4.78 is 24.5. The molecule has 2 saturated heterocycles. The highest BCUT2D eigenvalue weighted by Crippen LogP contribution is 2.60. The van der Waals surface area contributed by atoms with Gasteiger partial charge in [0.05, 0.1) is 24.0 Å². The largest absolute Gasteiger partial charge is 0.396 e. The SMILES string of the molecule is C[C@@H]1[C@@H]([Si](C)(C)F)[C@H](CCn2cc(CCO)nn2)O[C@@]12C(=O)N(Cc1ccc(N3CCC3=O)cc1)c1ccc(Cl)cc12. The van der Waals surface area contributed by atoms with E-state index >= 15 is 4.11 Å². The molecule has 4 heterocycles. The first-order chi connectivity index (χ1) is 20.0. The Balaban J connectivity index is 1.31. The van der Waals surface area contributed by atoms with Gasteiger partial charge in [-0.1, -0.05) is 35.9 Å². The number of aliphatic hydroxyl groups excluding tert-OH is 1. The van der Waals surface area contributed by atoms with Crippen molar-refractivity contribution in [2.24, 2.45) is 5.92 Å². The molecular formula is C30H35ClFN5O4Si. The second-order valence-corrected chi connectivity index (χ2v) is 16.3. The Labute approximate surface area is 250 Å². The molecule has 1 aromatic heterocycles. The smallest absolute Gasteiger partial charge is 0.264 e. The van der Waals surface area contributed by atoms with Crippen LogP contribution in [0.25, 0.3) is 0 Å². The van der Waals surface area contributed by atoms with Gasteiger partial charge in [-0.15, -0.1) is 5.10 Å². The van der Waals surface area contributed by atoms with Crippen LogP contribution in [0.5, 0.6) is 0 Å². The number of ether oxygens (including phenoxy) is 1. The fourth-order valence-corrected chi connectivity index (χ4v) is 9.65. The van der Waals surface area contributed by atoms with Crippen molar-refractivity contribution in [1.29, 1.82) is 0 Å². The lowest BCUT2D eigenvalue weighted by Gasteiger charge is -2.31. The Bertz CT molecular complexity index is 1510. The average Bonchev–Trinajstić information content (AvgIpc) is 3.58. The van der Waals surface area contributed by atoms with Gasteiger partial charge in [0.2, 0.25) is 14.3 Å². The second-order valence-electron chi connectivity index (χ2n) is 12.0. The zero-order chi connectivity index (χ0) is 29.8. The van der Waals surface area contributed by atoms with Crippen molar-refractivity contribution >= 4 is 43.2 Å². The number of β-lactam (4-membered cyclic amide) rings is 1. The van der Waals surface area contributed by atoms with Gasteiger partial charge in [-0.2, -0.15) is 0 Å². The van der Waals surface area contributed by atoms with Crippen molar-refractivity contribution in [2.45, 2.75) is 69.6 Å². The maximum atomic E-state index is 16.1. The third kappa shape index (κ3) is 4.86. The van der Waals surface area contributed by atoms with E-state index in [2.05, 4.69) is 10.3 Å². The summed E-state index contributed by atoms with van der Waals surface area (Å²) in [5, 5.41) is 17.9. The standard InChI is InChI=1S/C30H35ClFN5O4Si/c1-19-28(42(2,3)32)26(10-13-35-18-22(12-15-38)33-34-35)41-30(19)24-16-21(31)6-9-25(24)37(29(30)40)17-20-4-7-23(8-5-20)36-14-11-27(36)39/h4-9,16,18-19,26,28,38H,10-15,17H2,1-3H3/t19-,26+,28-,30+/m1/s1. The summed E-state index contributed by atoms with van der Waals surface area (Å²) >= 11 is 6.48. The highest BCUT2D eigenvalue weighted by molar-refractivity contribution is 6.72. The molecule has 3 aliphatic heterocycles. The first-order valence-electron chi connectivity index (χ1n) is 14.4. The quantitative estimate of drug-likeness (QED) is 0.215. The van der Waals surface area contributed by atoms with Crippen LogP contribution < -0.4 is 9.80 Å². The molecule has 0 aliphatic carbocycles. The van der Waals surface area contributed by atoms with Crippen molar-refractivity contribution in [2.75, 3.05) is 23.0 Å². The van der Waals surface area contributed by atoms with Crippen LogP contribution in [0.1, 0.15) is 36.6 Å². The number of aryl methyl sites for hydroxylation is 1. The van der Waals surface area contributed by atoms with Gasteiger partial charge in [0.15, 0.2) is 5.60 Å². The molecule has 0 radical (unpaired) electrons. The van der Waals surface area contributed by atoms with E-state index in [1.54, 1.807) is 45.9 Å². The average molecular weight is 612 g/mol. The van der Waals surface area contributed by atoms with E-state index < -0.39 is 31.6 Å². The van der Waals surface area contributed by atoms with Crippen LogP contribution in [0, 0.1) is 5.92 Å². The van der Waals surface area contributed by atoms with Gasteiger partial charge in [-0.05, 0) is 55.4 Å². The van der Waals surface area contributed by atoms with Crippen LogP contribution >= 0.6 is 11.6 Å². The fraction of sp³-hybridized carbons (Fsp3) is 0.467. The summed E-state index contributed by atoms with van der Waals surface area (Å²) in [6.45, 7) is 6.73. The lowest BCUT2D eigenvalue weighted by Crippen LogP contribution is -2.45. The summed E-state index contributed by atoms with van der Waals surface area (Å²) in [7, 11) is -3.31. The molecule has 0 saturated carbocycles. The molecule has 2 aromatic carbocycles. The van der Waals surface area contributed by atoms with Crippen molar-refractivity contribution < 1.29 is 23.5 Å². The molecule has 1 N–H and O–H groups in total. The number of carbonyl (C=O) groups excluding carboxylic acids is 2. The number of hydrogen-bond acceptors (Lipinski definition) is 6. The normalized spacial score (nSPS) is 25.4. The number of hydrogen-bond donors (Lipinski definition) is 1. The van der Waals surface area contributed by atoms with E-state index in [0.717, 1.165) is 11.3 Å². The summed E-state index contributed by atoms with van der Waals surface area (Å²) in [5.74, 6) is -0.536. The van der Waals surface area contributed by atoms with Crippen LogP contribution in [-0.4, -0.2) is 59.6 Å². The lowest BCUT2D eigenvalue weighted by molar-refractivity contribution is -0.146. The van der Waals surface area contributed by atoms with E-state index in [1.165, 1.54) is 0 Å². The molecular weight excluding hydrogens is 577 g/mol. The van der Waals surface area contributed by atoms with Gasteiger partial charge >= 0.3 is 0 Å². The monoisotopic (exact) mass is 611 g/mol. The molecule has 9 nitrogen and oxygen atoms in total. The molecule has 0 bridgehead atoms. The molecule has 2 amide bonds. The fourth-order valence-electron chi connectivity index (χ4n) is 6.93. The molecule has 2 fully saturated rings. The van der Waals surface area contributed by atoms with Crippen molar-refractivity contribution in [3.8, 4) is 0 Å². The minimum Gasteiger partial charge on any atom is -0.396 e. The van der Waals surface area contributed by atoms with E-state index in [-0.39, 0.29) is 18.4 Å². The first kappa shape index (κ1) is 29.0. The number of fused-ring (bicyclic) bond motifs is 2. The Morgan fingerprint density at radius 1 is 1.19 bits per heavy atom. The number of aliphatic hydroxyl groups is 1. The topological polar surface area (TPSA) is 101 Å². The number of halogens is 2. The van der Waals surface area contributed by atoms with Gasteiger partial charge in [0, 0.05) is 66.5 Å². The number of carbonyl (C=O) groups is 2. The minimum atomic E-state index is -3.31. The molecule has 12 heteroatoms. The van der Waals surface area contributed by atoms with Gasteiger partial charge in [0.25, 0.3) is 5.91 Å². The summed E-state index contributed by atoms with van der Waals surface area (Å²) in [5.41, 5.74) is 2.01. The Kier molecular flexibility index (Phi) is 7.49. The van der Waals surface area contributed by atoms with Crippen LogP contribution in [0.2, 0.25) is 23.7 Å². The molecule has 0 unspecified atom stereocenters. The highest BCUT2D eigenvalue weighted by Gasteiger charge is 2.66. The van der Waals surface area contributed by atoms with Crippen LogP contribution in [0.4, 0.5) is 15.5 Å². The predicted molar refractivity (Wildman–Crippen MR) is 160 cm³/mol. The maximum Gasteiger partial charge on any atom is 0.264 e. The van der Waals surface area contributed by atoms with Crippen molar-refractivity contribution in [3.63, 3.8) is 0 Å². The van der Waals surface area contributed by atoms with Crippen molar-refractivity contribution in [1.82, 2.24) is 15.0 Å². The minimum absolute atomic E-state index is 0.0168. The number of amides is 2. The highest BCUT2D eigenvalue weighted by atomic mass is 35.5. The molecule has 3 aromatic rings. The third-order valence-corrected chi connectivity index (χ3v) is 11.7. The number of rotatable bonds is 9. The molecule has 42 heavy (non-hydrogen) atoms. The van der Waals surface area contributed by atoms with E-state index in [4.69, 9.17) is 16.3 Å². The predicted octanol–water partition coefficient (Wildman–Crippen LogP) is 4.62. The lowest BCUT2D eigenvalue weighted by atomic mass is 9.82. The Morgan fingerprint density at radius 3 is 2.60 bits per heavy atom. The second kappa shape index (κ2) is 10.9. The first-order valence-corrected chi connectivity index (χ1v) is 17.7. The van der Waals surface area contributed by atoms with Gasteiger partial charge in [0.1, 0.15) is 0 Å². The third-order valence-electron chi connectivity index (χ3n) is 8.96. The number of nitrogens with zero attached hydrogens (tertiary/aromatic N) is 5. The number of benzene rings is 2. The maximum absolute atomic E-state index is 16.1. The van der Waals surface area contributed by atoms with E-state index in [9.17, 15) is 14.7 Å². The number of anilines is 2. The molecule has 3 aliphatic rings. The zero-order valence-electron chi connectivity index (χ0n) is 24.0. The molecule has 6 rings (SSSR count). The molecule has 1 spiro atoms. The summed E-state index contributed by atoms with van der Waals surface area (Å²) in [6.07, 6.45) is 2.69. The Hall–Kier alpha value is -3.12. The van der Waals surface area contributed by atoms with Crippen LogP contribution in [0.15, 0.2) is 48.7 Å².